The zero-order valence-electron chi connectivity index (χ0n) is 10.0. The Labute approximate surface area is 102 Å². The van der Waals surface area contributed by atoms with Crippen molar-refractivity contribution in [1.29, 1.82) is 5.26 Å². The fourth-order valence-corrected chi connectivity index (χ4v) is 2.44. The molecular formula is C14H16N2O. The van der Waals surface area contributed by atoms with Crippen LogP contribution in [0.2, 0.25) is 0 Å². The molecule has 1 aromatic carbocycles. The first kappa shape index (κ1) is 11.7. The van der Waals surface area contributed by atoms with Gasteiger partial charge in [0.15, 0.2) is 0 Å². The molecule has 1 saturated carbocycles. The van der Waals surface area contributed by atoms with Gasteiger partial charge in [0.2, 0.25) is 5.91 Å². The van der Waals surface area contributed by atoms with Crippen LogP contribution in [0.25, 0.3) is 0 Å². The molecule has 0 saturated heterocycles. The Hall–Kier alpha value is -1.82. The molecule has 1 aliphatic carbocycles. The Kier molecular flexibility index (Phi) is 3.14. The molecule has 1 amide bonds. The fraction of sp³-hybridized carbons (Fsp3) is 0.429. The summed E-state index contributed by atoms with van der Waals surface area (Å²) in [5.74, 6) is -0.0660. The molecule has 2 rings (SSSR count). The molecule has 0 N–H and O–H groups in total. The van der Waals surface area contributed by atoms with Crippen molar-refractivity contribution >= 4 is 11.6 Å². The molecule has 0 aromatic heterocycles. The van der Waals surface area contributed by atoms with Crippen molar-refractivity contribution < 1.29 is 4.79 Å². The third-order valence-corrected chi connectivity index (χ3v) is 3.53. The topological polar surface area (TPSA) is 44.1 Å². The van der Waals surface area contributed by atoms with Crippen molar-refractivity contribution in [2.45, 2.75) is 25.7 Å². The van der Waals surface area contributed by atoms with Crippen LogP contribution in [0.5, 0.6) is 0 Å². The summed E-state index contributed by atoms with van der Waals surface area (Å²) in [6, 6.07) is 11.7. The summed E-state index contributed by atoms with van der Waals surface area (Å²) in [6.07, 6.45) is 3.34. The lowest BCUT2D eigenvalue weighted by Crippen LogP contribution is -2.39. The van der Waals surface area contributed by atoms with E-state index >= 15 is 0 Å². The predicted molar refractivity (Wildman–Crippen MR) is 66.4 cm³/mol. The number of carbonyl (C=O) groups excluding carboxylic acids is 1. The maximum absolute atomic E-state index is 12.4. The molecule has 3 nitrogen and oxygen atoms in total. The lowest BCUT2D eigenvalue weighted by atomic mass is 9.86. The van der Waals surface area contributed by atoms with Gasteiger partial charge in [-0.15, -0.1) is 0 Å². The maximum atomic E-state index is 12.4. The zero-order valence-corrected chi connectivity index (χ0v) is 10.0. The van der Waals surface area contributed by atoms with Crippen molar-refractivity contribution in [3.63, 3.8) is 0 Å². The van der Waals surface area contributed by atoms with Gasteiger partial charge in [-0.05, 0) is 25.0 Å². The molecule has 0 radical (unpaired) electrons. The molecule has 1 fully saturated rings. The van der Waals surface area contributed by atoms with Crippen LogP contribution in [0.15, 0.2) is 30.3 Å². The number of nitrogens with zero attached hydrogens (tertiary/aromatic N) is 2. The van der Waals surface area contributed by atoms with Crippen molar-refractivity contribution in [3.05, 3.63) is 30.3 Å². The van der Waals surface area contributed by atoms with E-state index in [1.165, 1.54) is 0 Å². The molecule has 17 heavy (non-hydrogen) atoms. The largest absolute Gasteiger partial charge is 0.314 e. The SMILES string of the molecule is CN(C(=O)C1(C#N)CCCC1)c1ccccc1. The van der Waals surface area contributed by atoms with Crippen molar-refractivity contribution in [2.24, 2.45) is 5.41 Å². The number of carbonyl (C=O) groups is 1. The van der Waals surface area contributed by atoms with Gasteiger partial charge in [-0.3, -0.25) is 4.79 Å². The second-order valence-electron chi connectivity index (χ2n) is 4.60. The molecule has 0 unspecified atom stereocenters. The average molecular weight is 228 g/mol. The van der Waals surface area contributed by atoms with Crippen LogP contribution in [0.1, 0.15) is 25.7 Å². The molecule has 3 heteroatoms. The number of nitriles is 1. The monoisotopic (exact) mass is 228 g/mol. The maximum Gasteiger partial charge on any atom is 0.247 e. The van der Waals surface area contributed by atoms with E-state index in [2.05, 4.69) is 6.07 Å². The predicted octanol–water partition coefficient (Wildman–Crippen LogP) is 2.73. The summed E-state index contributed by atoms with van der Waals surface area (Å²) in [4.78, 5) is 14.0. The van der Waals surface area contributed by atoms with E-state index in [1.54, 1.807) is 11.9 Å². The number of rotatable bonds is 2. The standard InChI is InChI=1S/C14H16N2O/c1-16(12-7-3-2-4-8-12)13(17)14(11-15)9-5-6-10-14/h2-4,7-8H,5-6,9-10H2,1H3. The van der Waals surface area contributed by atoms with Gasteiger partial charge in [-0.1, -0.05) is 31.0 Å². The van der Waals surface area contributed by atoms with E-state index in [-0.39, 0.29) is 5.91 Å². The second kappa shape index (κ2) is 4.58. The summed E-state index contributed by atoms with van der Waals surface area (Å²) in [5, 5.41) is 9.29. The lowest BCUT2D eigenvalue weighted by Gasteiger charge is -2.26. The first-order chi connectivity index (χ1) is 8.19. The van der Waals surface area contributed by atoms with Gasteiger partial charge >= 0.3 is 0 Å². The highest BCUT2D eigenvalue weighted by atomic mass is 16.2. The molecule has 1 aromatic rings. The third kappa shape index (κ3) is 2.03. The zero-order chi connectivity index (χ0) is 12.3. The molecule has 88 valence electrons. The Bertz CT molecular complexity index is 441. The van der Waals surface area contributed by atoms with Gasteiger partial charge < -0.3 is 4.90 Å². The summed E-state index contributed by atoms with van der Waals surface area (Å²) < 4.78 is 0. The fourth-order valence-electron chi connectivity index (χ4n) is 2.44. The highest BCUT2D eigenvalue weighted by Gasteiger charge is 2.43. The van der Waals surface area contributed by atoms with E-state index in [0.29, 0.717) is 12.8 Å². The summed E-state index contributed by atoms with van der Waals surface area (Å²) in [5.41, 5.74) is 0.0592. The minimum Gasteiger partial charge on any atom is -0.314 e. The number of anilines is 1. The van der Waals surface area contributed by atoms with Crippen LogP contribution in [0.3, 0.4) is 0 Å². The Balaban J connectivity index is 2.23. The first-order valence-corrected chi connectivity index (χ1v) is 5.94. The minimum atomic E-state index is -0.787. The van der Waals surface area contributed by atoms with Crippen LogP contribution < -0.4 is 4.90 Å². The van der Waals surface area contributed by atoms with Gasteiger partial charge in [-0.2, -0.15) is 5.26 Å². The van der Waals surface area contributed by atoms with Gasteiger partial charge in [0.05, 0.1) is 6.07 Å². The minimum absolute atomic E-state index is 0.0660. The number of hydrogen-bond donors (Lipinski definition) is 0. The van der Waals surface area contributed by atoms with Gasteiger partial charge in [0.25, 0.3) is 0 Å². The molecule has 0 spiro atoms. The van der Waals surface area contributed by atoms with Crippen molar-refractivity contribution in [2.75, 3.05) is 11.9 Å². The quantitative estimate of drug-likeness (QED) is 0.781. The van der Waals surface area contributed by atoms with Crippen LogP contribution in [-0.4, -0.2) is 13.0 Å². The smallest absolute Gasteiger partial charge is 0.247 e. The second-order valence-corrected chi connectivity index (χ2v) is 4.60. The van der Waals surface area contributed by atoms with E-state index in [1.807, 2.05) is 30.3 Å². The molecule has 0 atom stereocenters. The Morgan fingerprint density at radius 2 is 1.88 bits per heavy atom. The van der Waals surface area contributed by atoms with Crippen LogP contribution in [-0.2, 0) is 4.79 Å². The van der Waals surface area contributed by atoms with Crippen LogP contribution >= 0.6 is 0 Å². The van der Waals surface area contributed by atoms with Crippen molar-refractivity contribution in [3.8, 4) is 6.07 Å². The third-order valence-electron chi connectivity index (χ3n) is 3.53. The Morgan fingerprint density at radius 3 is 2.41 bits per heavy atom. The molecular weight excluding hydrogens is 212 g/mol. The van der Waals surface area contributed by atoms with E-state index in [0.717, 1.165) is 18.5 Å². The van der Waals surface area contributed by atoms with Crippen LogP contribution in [0, 0.1) is 16.7 Å². The molecule has 0 heterocycles. The molecule has 0 bridgehead atoms. The normalized spacial score (nSPS) is 17.4. The lowest BCUT2D eigenvalue weighted by molar-refractivity contribution is -0.124. The van der Waals surface area contributed by atoms with Gasteiger partial charge in [-0.25, -0.2) is 0 Å². The van der Waals surface area contributed by atoms with E-state index in [4.69, 9.17) is 0 Å². The van der Waals surface area contributed by atoms with E-state index in [9.17, 15) is 10.1 Å². The summed E-state index contributed by atoms with van der Waals surface area (Å²) >= 11 is 0. The number of para-hydroxylation sites is 1. The Morgan fingerprint density at radius 1 is 1.29 bits per heavy atom. The summed E-state index contributed by atoms with van der Waals surface area (Å²) in [7, 11) is 1.75. The molecule has 1 aliphatic rings. The number of hydrogen-bond acceptors (Lipinski definition) is 2. The summed E-state index contributed by atoms with van der Waals surface area (Å²) in [6.45, 7) is 0. The first-order valence-electron chi connectivity index (χ1n) is 5.94. The number of benzene rings is 1. The number of amides is 1. The van der Waals surface area contributed by atoms with Crippen molar-refractivity contribution in [1.82, 2.24) is 0 Å². The highest BCUT2D eigenvalue weighted by molar-refractivity contribution is 5.99. The average Bonchev–Trinajstić information content (AvgIpc) is 2.88. The van der Waals surface area contributed by atoms with E-state index < -0.39 is 5.41 Å². The van der Waals surface area contributed by atoms with Gasteiger partial charge in [0, 0.05) is 12.7 Å². The van der Waals surface area contributed by atoms with Crippen LogP contribution in [0.4, 0.5) is 5.69 Å². The van der Waals surface area contributed by atoms with Gasteiger partial charge in [0.1, 0.15) is 5.41 Å². The highest BCUT2D eigenvalue weighted by Crippen LogP contribution is 2.39. The molecule has 0 aliphatic heterocycles.